The molecule has 0 unspecified atom stereocenters. The molecular formula is C21H23N3O4. The highest BCUT2D eigenvalue weighted by Gasteiger charge is 2.48. The highest BCUT2D eigenvalue weighted by atomic mass is 16.6. The van der Waals surface area contributed by atoms with Crippen LogP contribution in [0, 0.1) is 0 Å². The highest BCUT2D eigenvalue weighted by Crippen LogP contribution is 2.46. The number of aromatic amines is 1. The van der Waals surface area contributed by atoms with Gasteiger partial charge in [-0.2, -0.15) is 0 Å². The number of piperidine rings is 1. The van der Waals surface area contributed by atoms with Gasteiger partial charge in [-0.05, 0) is 31.7 Å². The van der Waals surface area contributed by atoms with E-state index in [4.69, 9.17) is 14.5 Å². The van der Waals surface area contributed by atoms with E-state index in [1.54, 1.807) is 13.2 Å². The summed E-state index contributed by atoms with van der Waals surface area (Å²) in [6.07, 6.45) is 5.13. The molecule has 1 aromatic carbocycles. The molecule has 7 heteroatoms. The summed E-state index contributed by atoms with van der Waals surface area (Å²) < 4.78 is 11.2. The number of carbonyl (C=O) groups excluding carboxylic acids is 1. The molecule has 1 spiro atoms. The van der Waals surface area contributed by atoms with Crippen LogP contribution >= 0.6 is 0 Å². The van der Waals surface area contributed by atoms with E-state index in [2.05, 4.69) is 9.88 Å². The number of aromatic nitrogens is 2. The fourth-order valence-corrected chi connectivity index (χ4v) is 4.77. The van der Waals surface area contributed by atoms with E-state index >= 15 is 0 Å². The molecule has 1 fully saturated rings. The van der Waals surface area contributed by atoms with E-state index in [9.17, 15) is 9.59 Å². The Morgan fingerprint density at radius 1 is 1.18 bits per heavy atom. The van der Waals surface area contributed by atoms with Gasteiger partial charge in [-0.3, -0.25) is 9.78 Å². The van der Waals surface area contributed by atoms with Gasteiger partial charge in [-0.25, -0.2) is 9.78 Å². The van der Waals surface area contributed by atoms with Crippen molar-refractivity contribution in [1.29, 1.82) is 0 Å². The quantitative estimate of drug-likeness (QED) is 0.804. The van der Waals surface area contributed by atoms with Crippen LogP contribution in [0.15, 0.2) is 23.0 Å². The first-order valence-electron chi connectivity index (χ1n) is 9.89. The van der Waals surface area contributed by atoms with Gasteiger partial charge in [0.25, 0.3) is 5.56 Å². The molecule has 0 bridgehead atoms. The number of hydrogen-bond acceptors (Lipinski definition) is 6. The zero-order chi connectivity index (χ0) is 19.3. The largest absolute Gasteiger partial charge is 0.496 e. The number of carbonyl (C=O) groups is 1. The Hall–Kier alpha value is -2.83. The van der Waals surface area contributed by atoms with E-state index in [0.717, 1.165) is 42.5 Å². The second kappa shape index (κ2) is 6.36. The lowest BCUT2D eigenvalue weighted by Gasteiger charge is -2.39. The summed E-state index contributed by atoms with van der Waals surface area (Å²) in [5.74, 6) is 0.874. The second-order valence-corrected chi connectivity index (χ2v) is 7.78. The Balaban J connectivity index is 1.42. The molecule has 1 saturated heterocycles. The van der Waals surface area contributed by atoms with Gasteiger partial charge in [0.05, 0.1) is 12.8 Å². The first kappa shape index (κ1) is 17.3. The SMILES string of the molecule is COc1cccc2c1C(=O)OC21CCN(c2nc3c(c(=O)[nH]2)CCCC3)CC1. The Kier molecular flexibility index (Phi) is 3.92. The van der Waals surface area contributed by atoms with Crippen LogP contribution in [0.25, 0.3) is 0 Å². The zero-order valence-electron chi connectivity index (χ0n) is 15.9. The van der Waals surface area contributed by atoms with Crippen LogP contribution in [-0.2, 0) is 23.2 Å². The summed E-state index contributed by atoms with van der Waals surface area (Å²) >= 11 is 0. The van der Waals surface area contributed by atoms with Gasteiger partial charge in [0, 0.05) is 37.1 Å². The summed E-state index contributed by atoms with van der Waals surface area (Å²) in [4.78, 5) is 34.7. The normalized spacial score (nSPS) is 19.9. The minimum atomic E-state index is -0.619. The summed E-state index contributed by atoms with van der Waals surface area (Å²) in [5.41, 5.74) is 2.60. The zero-order valence-corrected chi connectivity index (χ0v) is 15.9. The van der Waals surface area contributed by atoms with Gasteiger partial charge in [0.1, 0.15) is 16.9 Å². The van der Waals surface area contributed by atoms with Crippen LogP contribution in [0.3, 0.4) is 0 Å². The third-order valence-electron chi connectivity index (χ3n) is 6.28. The van der Waals surface area contributed by atoms with Crippen molar-refractivity contribution in [3.05, 3.63) is 50.9 Å². The van der Waals surface area contributed by atoms with Crippen LogP contribution in [0.2, 0.25) is 0 Å². The molecular weight excluding hydrogens is 358 g/mol. The van der Waals surface area contributed by atoms with E-state index in [1.165, 1.54) is 0 Å². The standard InChI is InChI=1S/C21H23N3O4/c1-27-16-8-4-6-14-17(16)19(26)28-21(14)9-11-24(12-10-21)20-22-15-7-3-2-5-13(15)18(25)23-20/h4,6,8H,2-3,5,7,9-12H2,1H3,(H,22,23,25). The number of ether oxygens (including phenoxy) is 2. The first-order chi connectivity index (χ1) is 13.6. The minimum Gasteiger partial charge on any atom is -0.496 e. The van der Waals surface area contributed by atoms with E-state index in [0.29, 0.717) is 43.2 Å². The van der Waals surface area contributed by atoms with Crippen LogP contribution in [-0.4, -0.2) is 36.1 Å². The number of anilines is 1. The molecule has 0 atom stereocenters. The molecule has 0 radical (unpaired) electrons. The minimum absolute atomic E-state index is 0.0117. The van der Waals surface area contributed by atoms with Crippen molar-refractivity contribution in [2.45, 2.75) is 44.1 Å². The first-order valence-corrected chi connectivity index (χ1v) is 9.89. The molecule has 0 amide bonds. The lowest BCUT2D eigenvalue weighted by Crippen LogP contribution is -2.44. The van der Waals surface area contributed by atoms with Gasteiger partial charge in [-0.1, -0.05) is 12.1 Å². The smallest absolute Gasteiger partial charge is 0.343 e. The molecule has 3 heterocycles. The number of methoxy groups -OCH3 is 1. The molecule has 2 aromatic rings. The van der Waals surface area contributed by atoms with Crippen molar-refractivity contribution in [3.63, 3.8) is 0 Å². The number of hydrogen-bond donors (Lipinski definition) is 1. The van der Waals surface area contributed by atoms with Gasteiger partial charge >= 0.3 is 5.97 Å². The fourth-order valence-electron chi connectivity index (χ4n) is 4.77. The lowest BCUT2D eigenvalue weighted by atomic mass is 9.83. The molecule has 3 aliphatic rings. The molecule has 1 aromatic heterocycles. The van der Waals surface area contributed by atoms with Gasteiger partial charge in [0.15, 0.2) is 0 Å². The van der Waals surface area contributed by atoms with Crippen molar-refractivity contribution in [2.75, 3.05) is 25.1 Å². The fraction of sp³-hybridized carbons (Fsp3) is 0.476. The molecule has 146 valence electrons. The van der Waals surface area contributed by atoms with Crippen LogP contribution < -0.4 is 15.2 Å². The average Bonchev–Trinajstić information content (AvgIpc) is 3.00. The van der Waals surface area contributed by atoms with E-state index < -0.39 is 5.60 Å². The van der Waals surface area contributed by atoms with Crippen LogP contribution in [0.1, 0.15) is 52.9 Å². The number of benzene rings is 1. The average molecular weight is 381 g/mol. The van der Waals surface area contributed by atoms with E-state index in [1.807, 2.05) is 12.1 Å². The van der Waals surface area contributed by atoms with Gasteiger partial charge in [-0.15, -0.1) is 0 Å². The molecule has 1 N–H and O–H groups in total. The van der Waals surface area contributed by atoms with Gasteiger partial charge in [0.2, 0.25) is 5.95 Å². The Morgan fingerprint density at radius 3 is 2.75 bits per heavy atom. The van der Waals surface area contributed by atoms with Crippen molar-refractivity contribution in [1.82, 2.24) is 9.97 Å². The monoisotopic (exact) mass is 381 g/mol. The van der Waals surface area contributed by atoms with Crippen molar-refractivity contribution < 1.29 is 14.3 Å². The Bertz CT molecular complexity index is 1010. The molecule has 7 nitrogen and oxygen atoms in total. The Labute approximate surface area is 162 Å². The lowest BCUT2D eigenvalue weighted by molar-refractivity contribution is -0.0212. The summed E-state index contributed by atoms with van der Waals surface area (Å²) in [7, 11) is 1.56. The third kappa shape index (κ3) is 2.52. The maximum Gasteiger partial charge on any atom is 0.343 e. The van der Waals surface area contributed by atoms with Gasteiger partial charge < -0.3 is 14.4 Å². The van der Waals surface area contributed by atoms with Crippen molar-refractivity contribution in [3.8, 4) is 5.75 Å². The predicted octanol–water partition coefficient (Wildman–Crippen LogP) is 2.32. The van der Waals surface area contributed by atoms with Crippen LogP contribution in [0.4, 0.5) is 5.95 Å². The number of nitrogens with one attached hydrogen (secondary N) is 1. The maximum absolute atomic E-state index is 12.5. The Morgan fingerprint density at radius 2 is 1.96 bits per heavy atom. The summed E-state index contributed by atoms with van der Waals surface area (Å²) in [6, 6.07) is 5.64. The number of H-pyrrole nitrogens is 1. The molecule has 1 aliphatic carbocycles. The van der Waals surface area contributed by atoms with Crippen LogP contribution in [0.5, 0.6) is 5.75 Å². The third-order valence-corrected chi connectivity index (χ3v) is 6.28. The number of fused-ring (bicyclic) bond motifs is 3. The molecule has 28 heavy (non-hydrogen) atoms. The molecule has 0 saturated carbocycles. The van der Waals surface area contributed by atoms with Crippen molar-refractivity contribution >= 4 is 11.9 Å². The predicted molar refractivity (Wildman–Crippen MR) is 103 cm³/mol. The number of aryl methyl sites for hydroxylation is 1. The topological polar surface area (TPSA) is 84.5 Å². The maximum atomic E-state index is 12.5. The summed E-state index contributed by atoms with van der Waals surface area (Å²) in [6.45, 7) is 1.32. The molecule has 5 rings (SSSR count). The number of rotatable bonds is 2. The number of nitrogens with zero attached hydrogens (tertiary/aromatic N) is 2. The number of esters is 1. The molecule has 2 aliphatic heterocycles. The highest BCUT2D eigenvalue weighted by molar-refractivity contribution is 5.97. The second-order valence-electron chi connectivity index (χ2n) is 7.78. The van der Waals surface area contributed by atoms with Crippen molar-refractivity contribution in [2.24, 2.45) is 0 Å². The van der Waals surface area contributed by atoms with E-state index in [-0.39, 0.29) is 11.5 Å². The summed E-state index contributed by atoms with van der Waals surface area (Å²) in [5, 5.41) is 0.